The lowest BCUT2D eigenvalue weighted by Crippen LogP contribution is -2.36. The van der Waals surface area contributed by atoms with Crippen molar-refractivity contribution in [2.24, 2.45) is 0 Å². The number of hydrogen-bond acceptors (Lipinski definition) is 6. The highest BCUT2D eigenvalue weighted by Crippen LogP contribution is 2.36. The molecule has 3 rings (SSSR count). The molecule has 0 saturated carbocycles. The van der Waals surface area contributed by atoms with E-state index in [1.165, 1.54) is 25.3 Å². The number of rotatable bonds is 4. The highest BCUT2D eigenvalue weighted by atomic mass is 35.5. The van der Waals surface area contributed by atoms with Crippen molar-refractivity contribution in [3.63, 3.8) is 0 Å². The van der Waals surface area contributed by atoms with Crippen LogP contribution < -0.4 is 14.4 Å². The van der Waals surface area contributed by atoms with Gasteiger partial charge >= 0.3 is 5.97 Å². The van der Waals surface area contributed by atoms with E-state index in [1.54, 1.807) is 24.3 Å². The molecule has 8 nitrogen and oxygen atoms in total. The number of nitrogens with zero attached hydrogens (tertiary/aromatic N) is 1. The van der Waals surface area contributed by atoms with Crippen molar-refractivity contribution in [2.45, 2.75) is 12.5 Å². The predicted molar refractivity (Wildman–Crippen MR) is 109 cm³/mol. The van der Waals surface area contributed by atoms with Crippen molar-refractivity contribution in [3.05, 3.63) is 53.1 Å². The lowest BCUT2D eigenvalue weighted by atomic mass is 10.1. The fraction of sp³-hybridized carbons (Fsp3) is 0.263. The summed E-state index contributed by atoms with van der Waals surface area (Å²) in [6.45, 7) is 0.0307. The average molecular weight is 439 g/mol. The van der Waals surface area contributed by atoms with E-state index >= 15 is 0 Å². The molecule has 0 aliphatic carbocycles. The molecule has 0 saturated heterocycles. The lowest BCUT2D eigenvalue weighted by molar-refractivity contribution is -0.122. The number of nitrogens with one attached hydrogen (secondary N) is 1. The minimum atomic E-state index is -3.61. The van der Waals surface area contributed by atoms with E-state index in [2.05, 4.69) is 5.32 Å². The first-order chi connectivity index (χ1) is 13.7. The smallest absolute Gasteiger partial charge is 0.339 e. The van der Waals surface area contributed by atoms with E-state index < -0.39 is 28.0 Å². The monoisotopic (exact) mass is 438 g/mol. The van der Waals surface area contributed by atoms with Gasteiger partial charge in [-0.1, -0.05) is 23.7 Å². The largest absolute Gasteiger partial charge is 0.478 e. The molecule has 1 amide bonds. The second kappa shape index (κ2) is 8.30. The van der Waals surface area contributed by atoms with Crippen LogP contribution in [0.15, 0.2) is 42.5 Å². The molecule has 0 bridgehead atoms. The number of methoxy groups -OCH3 is 1. The fourth-order valence-corrected chi connectivity index (χ4v) is 4.08. The maximum atomic E-state index is 12.8. The SMILES string of the molecule is COC(=O)c1ccccc1NC(=O)[C@H]1CCN(S(C)(=O)=O)c2cc(Cl)ccc2O1. The van der Waals surface area contributed by atoms with Crippen molar-refractivity contribution < 1.29 is 27.5 Å². The van der Waals surface area contributed by atoms with Gasteiger partial charge in [-0.2, -0.15) is 0 Å². The Labute approximate surface area is 173 Å². The third-order valence-electron chi connectivity index (χ3n) is 4.34. The molecule has 154 valence electrons. The van der Waals surface area contributed by atoms with Gasteiger partial charge in [0.25, 0.3) is 5.91 Å². The first kappa shape index (κ1) is 20.9. The Kier molecular flexibility index (Phi) is 5.99. The van der Waals surface area contributed by atoms with Crippen LogP contribution in [-0.2, 0) is 19.6 Å². The van der Waals surface area contributed by atoms with Crippen LogP contribution in [0.2, 0.25) is 5.02 Å². The minimum Gasteiger partial charge on any atom is -0.478 e. The molecule has 1 heterocycles. The number of benzene rings is 2. The Morgan fingerprint density at radius 2 is 1.97 bits per heavy atom. The van der Waals surface area contributed by atoms with E-state index in [0.717, 1.165) is 10.6 Å². The van der Waals surface area contributed by atoms with E-state index in [-0.39, 0.29) is 35.7 Å². The van der Waals surface area contributed by atoms with Crippen LogP contribution in [0.1, 0.15) is 16.8 Å². The molecule has 10 heteroatoms. The number of sulfonamides is 1. The van der Waals surface area contributed by atoms with Crippen LogP contribution in [-0.4, -0.2) is 46.3 Å². The molecule has 1 aliphatic heterocycles. The third kappa shape index (κ3) is 4.63. The van der Waals surface area contributed by atoms with Crippen molar-refractivity contribution in [1.29, 1.82) is 0 Å². The van der Waals surface area contributed by atoms with Gasteiger partial charge in [0, 0.05) is 18.0 Å². The third-order valence-corrected chi connectivity index (χ3v) is 5.75. The van der Waals surface area contributed by atoms with Gasteiger partial charge in [-0.15, -0.1) is 0 Å². The van der Waals surface area contributed by atoms with E-state index in [4.69, 9.17) is 21.1 Å². The zero-order chi connectivity index (χ0) is 21.2. The van der Waals surface area contributed by atoms with Crippen LogP contribution >= 0.6 is 11.6 Å². The molecule has 2 aromatic carbocycles. The molecule has 0 unspecified atom stereocenters. The van der Waals surface area contributed by atoms with E-state index in [0.29, 0.717) is 5.02 Å². The van der Waals surface area contributed by atoms with E-state index in [9.17, 15) is 18.0 Å². The number of hydrogen-bond donors (Lipinski definition) is 1. The number of fused-ring (bicyclic) bond motifs is 1. The Bertz CT molecular complexity index is 1060. The standard InChI is InChI=1S/C19H19ClN2O6S/c1-27-19(24)13-5-3-4-6-14(13)21-18(23)17-9-10-22(29(2,25)26)15-11-12(20)7-8-16(15)28-17/h3-8,11,17H,9-10H2,1-2H3,(H,21,23)/t17-/m1/s1. The van der Waals surface area contributed by atoms with Gasteiger partial charge in [-0.3, -0.25) is 9.10 Å². The normalized spacial score (nSPS) is 16.2. The first-order valence-electron chi connectivity index (χ1n) is 8.63. The Morgan fingerprint density at radius 3 is 2.66 bits per heavy atom. The van der Waals surface area contributed by atoms with Gasteiger partial charge < -0.3 is 14.8 Å². The zero-order valence-electron chi connectivity index (χ0n) is 15.7. The van der Waals surface area contributed by atoms with Gasteiger partial charge in [0.05, 0.1) is 30.3 Å². The van der Waals surface area contributed by atoms with Gasteiger partial charge in [0.15, 0.2) is 6.10 Å². The molecule has 1 N–H and O–H groups in total. The molecule has 0 aromatic heterocycles. The van der Waals surface area contributed by atoms with Crippen molar-refractivity contribution in [3.8, 4) is 5.75 Å². The number of anilines is 2. The average Bonchev–Trinajstić information content (AvgIpc) is 2.87. The van der Waals surface area contributed by atoms with Crippen LogP contribution in [0.5, 0.6) is 5.75 Å². The summed E-state index contributed by atoms with van der Waals surface area (Å²) in [5.41, 5.74) is 0.737. The summed E-state index contributed by atoms with van der Waals surface area (Å²) in [7, 11) is -2.36. The van der Waals surface area contributed by atoms with Crippen molar-refractivity contribution >= 4 is 44.9 Å². The summed E-state index contributed by atoms with van der Waals surface area (Å²) in [6, 6.07) is 10.9. The minimum absolute atomic E-state index is 0.0307. The van der Waals surface area contributed by atoms with Crippen molar-refractivity contribution in [2.75, 3.05) is 29.5 Å². The number of amides is 1. The van der Waals surface area contributed by atoms with Crippen LogP contribution in [0, 0.1) is 0 Å². The second-order valence-electron chi connectivity index (χ2n) is 6.37. The summed E-state index contributed by atoms with van der Waals surface area (Å²) in [4.78, 5) is 24.7. The van der Waals surface area contributed by atoms with Gasteiger partial charge in [-0.05, 0) is 30.3 Å². The quantitative estimate of drug-likeness (QED) is 0.736. The number of para-hydroxylation sites is 1. The number of ether oxygens (including phenoxy) is 2. The van der Waals surface area contributed by atoms with Gasteiger partial charge in [0.2, 0.25) is 10.0 Å². The van der Waals surface area contributed by atoms with Crippen LogP contribution in [0.3, 0.4) is 0 Å². The summed E-state index contributed by atoms with van der Waals surface area (Å²) in [5.74, 6) is -0.887. The maximum Gasteiger partial charge on any atom is 0.339 e. The Morgan fingerprint density at radius 1 is 1.24 bits per heavy atom. The fourth-order valence-electron chi connectivity index (χ4n) is 2.97. The zero-order valence-corrected chi connectivity index (χ0v) is 17.3. The number of halogens is 1. The summed E-state index contributed by atoms with van der Waals surface area (Å²) >= 11 is 6.01. The first-order valence-corrected chi connectivity index (χ1v) is 10.9. The molecule has 1 atom stereocenters. The molecule has 1 aliphatic rings. The topological polar surface area (TPSA) is 102 Å². The predicted octanol–water partition coefficient (Wildman–Crippen LogP) is 2.68. The summed E-state index contributed by atoms with van der Waals surface area (Å²) < 4.78 is 36.1. The van der Waals surface area contributed by atoms with Gasteiger partial charge in [0.1, 0.15) is 5.75 Å². The summed E-state index contributed by atoms with van der Waals surface area (Å²) in [5, 5.41) is 3.00. The Balaban J connectivity index is 1.89. The summed E-state index contributed by atoms with van der Waals surface area (Å²) in [6.07, 6.45) is 0.198. The van der Waals surface area contributed by atoms with Crippen molar-refractivity contribution in [1.82, 2.24) is 0 Å². The molecule has 0 radical (unpaired) electrons. The molecule has 2 aromatic rings. The highest BCUT2D eigenvalue weighted by Gasteiger charge is 2.32. The van der Waals surface area contributed by atoms with Gasteiger partial charge in [-0.25, -0.2) is 13.2 Å². The molecular weight excluding hydrogens is 420 g/mol. The maximum absolute atomic E-state index is 12.8. The second-order valence-corrected chi connectivity index (χ2v) is 8.71. The molecule has 0 fully saturated rings. The molecular formula is C19H19ClN2O6S. The number of esters is 1. The van der Waals surface area contributed by atoms with E-state index in [1.807, 2.05) is 0 Å². The lowest BCUT2D eigenvalue weighted by Gasteiger charge is -2.21. The number of carbonyl (C=O) groups is 2. The number of carbonyl (C=O) groups excluding carboxylic acids is 2. The Hall–Kier alpha value is -2.78. The highest BCUT2D eigenvalue weighted by molar-refractivity contribution is 7.92. The van der Waals surface area contributed by atoms with Crippen LogP contribution in [0.4, 0.5) is 11.4 Å². The molecule has 29 heavy (non-hydrogen) atoms. The molecule has 0 spiro atoms. The van der Waals surface area contributed by atoms with Crippen LogP contribution in [0.25, 0.3) is 0 Å².